The number of benzene rings is 2. The van der Waals surface area contributed by atoms with E-state index in [2.05, 4.69) is 10.0 Å². The van der Waals surface area contributed by atoms with Crippen molar-refractivity contribution < 1.29 is 22.0 Å². The molecule has 0 aromatic heterocycles. The van der Waals surface area contributed by atoms with Gasteiger partial charge in [0, 0.05) is 16.5 Å². The average Bonchev–Trinajstić information content (AvgIpc) is 2.55. The Morgan fingerprint density at radius 3 is 2.23 bits per heavy atom. The minimum absolute atomic E-state index is 0.0383. The zero-order valence-electron chi connectivity index (χ0n) is 14.1. The summed E-state index contributed by atoms with van der Waals surface area (Å²) in [5.41, 5.74) is 0.478. The van der Waals surface area contributed by atoms with E-state index in [-0.39, 0.29) is 27.1 Å². The summed E-state index contributed by atoms with van der Waals surface area (Å²) in [7, 11) is -3.65. The second-order valence-electron chi connectivity index (χ2n) is 5.63. The van der Waals surface area contributed by atoms with Crippen molar-refractivity contribution in [2.24, 2.45) is 0 Å². The molecule has 140 valence electrons. The zero-order valence-corrected chi connectivity index (χ0v) is 15.7. The van der Waals surface area contributed by atoms with Crippen LogP contribution in [0.25, 0.3) is 0 Å². The fourth-order valence-electron chi connectivity index (χ4n) is 2.13. The van der Waals surface area contributed by atoms with Gasteiger partial charge in [0.25, 0.3) is 11.7 Å². The van der Waals surface area contributed by atoms with E-state index >= 15 is 0 Å². The number of carbonyl (C=O) groups excluding carboxylic acids is 1. The molecule has 0 unspecified atom stereocenters. The van der Waals surface area contributed by atoms with Gasteiger partial charge in [0.2, 0.25) is 10.0 Å². The maximum absolute atomic E-state index is 12.6. The zero-order chi connectivity index (χ0) is 19.3. The van der Waals surface area contributed by atoms with Crippen LogP contribution in [0.4, 0.5) is 14.5 Å². The van der Waals surface area contributed by atoms with Crippen LogP contribution in [0.3, 0.4) is 0 Å². The Labute approximate surface area is 155 Å². The van der Waals surface area contributed by atoms with Crippen LogP contribution in [0.5, 0.6) is 0 Å². The summed E-state index contributed by atoms with van der Waals surface area (Å²) >= 11 is 0.338. The second-order valence-corrected chi connectivity index (χ2v) is 8.38. The lowest BCUT2D eigenvalue weighted by atomic mass is 10.2. The van der Waals surface area contributed by atoms with Crippen molar-refractivity contribution in [3.63, 3.8) is 0 Å². The smallest absolute Gasteiger partial charge is 0.288 e. The van der Waals surface area contributed by atoms with Crippen molar-refractivity contribution in [2.45, 2.75) is 35.4 Å². The molecule has 0 heterocycles. The van der Waals surface area contributed by atoms with Crippen LogP contribution in [0.2, 0.25) is 0 Å². The van der Waals surface area contributed by atoms with Gasteiger partial charge in [-0.3, -0.25) is 4.79 Å². The maximum Gasteiger partial charge on any atom is 0.288 e. The molecule has 1 amide bonds. The molecule has 2 rings (SSSR count). The third-order valence-corrected chi connectivity index (χ3v) is 5.63. The van der Waals surface area contributed by atoms with Gasteiger partial charge in [0.1, 0.15) is 0 Å². The third-order valence-electron chi connectivity index (χ3n) is 3.17. The molecule has 0 aliphatic rings. The summed E-state index contributed by atoms with van der Waals surface area (Å²) in [6.45, 7) is 3.41. The van der Waals surface area contributed by atoms with Crippen LogP contribution >= 0.6 is 11.8 Å². The third kappa shape index (κ3) is 5.52. The lowest BCUT2D eigenvalue weighted by Gasteiger charge is -2.12. The molecule has 5 nitrogen and oxygen atoms in total. The predicted octanol–water partition coefficient (Wildman–Crippen LogP) is 3.94. The van der Waals surface area contributed by atoms with Gasteiger partial charge in [-0.15, -0.1) is 0 Å². The summed E-state index contributed by atoms with van der Waals surface area (Å²) in [5, 5.41) is 2.56. The van der Waals surface area contributed by atoms with Gasteiger partial charge in [-0.2, -0.15) is 8.78 Å². The number of carbonyl (C=O) groups is 1. The number of hydrogen-bond donors (Lipinski definition) is 2. The van der Waals surface area contributed by atoms with E-state index in [1.54, 1.807) is 26.0 Å². The first-order chi connectivity index (χ1) is 12.2. The quantitative estimate of drug-likeness (QED) is 0.691. The van der Waals surface area contributed by atoms with Gasteiger partial charge in [-0.25, -0.2) is 13.1 Å². The van der Waals surface area contributed by atoms with Crippen LogP contribution in [0.1, 0.15) is 24.2 Å². The largest absolute Gasteiger partial charge is 0.321 e. The topological polar surface area (TPSA) is 75.3 Å². The fourth-order valence-corrected chi connectivity index (χ4v) is 3.97. The van der Waals surface area contributed by atoms with E-state index in [9.17, 15) is 22.0 Å². The number of thioether (sulfide) groups is 1. The highest BCUT2D eigenvalue weighted by Crippen LogP contribution is 2.31. The molecule has 2 N–H and O–H groups in total. The Bertz CT molecular complexity index is 870. The van der Waals surface area contributed by atoms with Gasteiger partial charge in [0.15, 0.2) is 0 Å². The fraction of sp³-hybridized carbons (Fsp3) is 0.235. The number of amides is 1. The van der Waals surface area contributed by atoms with Crippen LogP contribution in [-0.4, -0.2) is 26.1 Å². The molecule has 0 spiro atoms. The predicted molar refractivity (Wildman–Crippen MR) is 98.2 cm³/mol. The molecule has 0 bridgehead atoms. The van der Waals surface area contributed by atoms with E-state index in [1.807, 2.05) is 0 Å². The first-order valence-electron chi connectivity index (χ1n) is 7.66. The number of para-hydroxylation sites is 1. The molecule has 9 heteroatoms. The Kier molecular flexibility index (Phi) is 6.74. The Balaban J connectivity index is 2.17. The Hall–Kier alpha value is -1.97. The van der Waals surface area contributed by atoms with Crippen molar-refractivity contribution >= 4 is 33.4 Å². The molecule has 0 radical (unpaired) electrons. The monoisotopic (exact) mass is 400 g/mol. The highest BCUT2D eigenvalue weighted by molar-refractivity contribution is 7.99. The van der Waals surface area contributed by atoms with Gasteiger partial charge in [0.05, 0.1) is 10.6 Å². The highest BCUT2D eigenvalue weighted by atomic mass is 32.2. The van der Waals surface area contributed by atoms with E-state index in [0.717, 1.165) is 0 Å². The Morgan fingerprint density at radius 1 is 1.04 bits per heavy atom. The average molecular weight is 400 g/mol. The minimum atomic E-state index is -3.65. The van der Waals surface area contributed by atoms with Crippen molar-refractivity contribution in [1.82, 2.24) is 4.72 Å². The number of hydrogen-bond acceptors (Lipinski definition) is 4. The van der Waals surface area contributed by atoms with Crippen LogP contribution in [-0.2, 0) is 10.0 Å². The summed E-state index contributed by atoms with van der Waals surface area (Å²) in [5.74, 6) is -3.13. The summed E-state index contributed by atoms with van der Waals surface area (Å²) in [6.07, 6.45) is 0. The van der Waals surface area contributed by atoms with Crippen molar-refractivity contribution in [2.75, 3.05) is 5.32 Å². The number of anilines is 1. The molecule has 0 aliphatic carbocycles. The van der Waals surface area contributed by atoms with Crippen LogP contribution in [0, 0.1) is 0 Å². The van der Waals surface area contributed by atoms with E-state index in [0.29, 0.717) is 11.8 Å². The Morgan fingerprint density at radius 2 is 1.65 bits per heavy atom. The molecule has 2 aromatic carbocycles. The van der Waals surface area contributed by atoms with E-state index in [1.165, 1.54) is 36.4 Å². The van der Waals surface area contributed by atoms with Gasteiger partial charge >= 0.3 is 0 Å². The van der Waals surface area contributed by atoms with Crippen LogP contribution in [0.15, 0.2) is 58.3 Å². The van der Waals surface area contributed by atoms with E-state index < -0.39 is 21.7 Å². The van der Waals surface area contributed by atoms with Crippen molar-refractivity contribution in [3.05, 3.63) is 54.1 Å². The molecule has 0 aliphatic heterocycles. The molecule has 0 saturated heterocycles. The van der Waals surface area contributed by atoms with E-state index in [4.69, 9.17) is 0 Å². The standard InChI is InChI=1S/C17H18F2N2O3S2/c1-11(2)21-26(23,24)13-9-7-12(8-10-13)16(22)20-14-5-3-4-6-15(14)25-17(18)19/h3-11,17,21H,1-2H3,(H,20,22). The first-order valence-corrected chi connectivity index (χ1v) is 10.0. The number of halogens is 2. The SMILES string of the molecule is CC(C)NS(=O)(=O)c1ccc(C(=O)Nc2ccccc2SC(F)F)cc1. The lowest BCUT2D eigenvalue weighted by Crippen LogP contribution is -2.30. The molecule has 0 fully saturated rings. The first kappa shape index (κ1) is 20.3. The van der Waals surface area contributed by atoms with Gasteiger partial charge in [-0.1, -0.05) is 23.9 Å². The molecular weight excluding hydrogens is 382 g/mol. The summed E-state index contributed by atoms with van der Waals surface area (Å²) < 4.78 is 51.8. The number of alkyl halides is 2. The number of nitrogens with one attached hydrogen (secondary N) is 2. The maximum atomic E-state index is 12.6. The van der Waals surface area contributed by atoms with Crippen LogP contribution < -0.4 is 10.0 Å². The second kappa shape index (κ2) is 8.61. The molecule has 0 saturated carbocycles. The molecule has 0 atom stereocenters. The molecule has 2 aromatic rings. The van der Waals surface area contributed by atoms with Crippen molar-refractivity contribution in [1.29, 1.82) is 0 Å². The lowest BCUT2D eigenvalue weighted by molar-refractivity contribution is 0.102. The van der Waals surface area contributed by atoms with Gasteiger partial charge in [-0.05, 0) is 50.2 Å². The summed E-state index contributed by atoms with van der Waals surface area (Å²) in [4.78, 5) is 12.6. The highest BCUT2D eigenvalue weighted by Gasteiger charge is 2.17. The number of sulfonamides is 1. The van der Waals surface area contributed by atoms with Gasteiger partial charge < -0.3 is 5.32 Å². The van der Waals surface area contributed by atoms with Crippen molar-refractivity contribution in [3.8, 4) is 0 Å². The number of rotatable bonds is 7. The minimum Gasteiger partial charge on any atom is -0.321 e. The molecule has 26 heavy (non-hydrogen) atoms. The normalized spacial score (nSPS) is 11.8. The summed E-state index contributed by atoms with van der Waals surface area (Å²) in [6, 6.07) is 11.3. The molecular formula is C17H18F2N2O3S2.